The van der Waals surface area contributed by atoms with Crippen molar-refractivity contribution in [3.63, 3.8) is 0 Å². The van der Waals surface area contributed by atoms with Crippen LogP contribution >= 0.6 is 0 Å². The summed E-state index contributed by atoms with van der Waals surface area (Å²) in [4.78, 5) is 2.66. The van der Waals surface area contributed by atoms with Crippen molar-refractivity contribution in [2.24, 2.45) is 11.7 Å². The summed E-state index contributed by atoms with van der Waals surface area (Å²) >= 11 is 0. The fraction of sp³-hybridized carbons (Fsp3) is 0.647. The molecule has 0 bridgehead atoms. The molecule has 0 aromatic heterocycles. The predicted molar refractivity (Wildman–Crippen MR) is 81.4 cm³/mol. The maximum Gasteiger partial charge on any atom is 0.0417 e. The van der Waals surface area contributed by atoms with Gasteiger partial charge in [-0.05, 0) is 50.2 Å². The van der Waals surface area contributed by atoms with Gasteiger partial charge in [-0.3, -0.25) is 0 Å². The molecule has 0 radical (unpaired) electrons. The Morgan fingerprint density at radius 3 is 2.58 bits per heavy atom. The highest BCUT2D eigenvalue weighted by Crippen LogP contribution is 2.39. The zero-order chi connectivity index (χ0) is 13.2. The third-order valence-corrected chi connectivity index (χ3v) is 4.98. The van der Waals surface area contributed by atoms with Crippen molar-refractivity contribution in [2.75, 3.05) is 11.4 Å². The number of hydrogen-bond acceptors (Lipinski definition) is 2. The lowest BCUT2D eigenvalue weighted by atomic mass is 9.95. The lowest BCUT2D eigenvalue weighted by molar-refractivity contribution is 0.430. The van der Waals surface area contributed by atoms with Gasteiger partial charge < -0.3 is 10.6 Å². The van der Waals surface area contributed by atoms with Gasteiger partial charge in [-0.1, -0.05) is 31.0 Å². The van der Waals surface area contributed by atoms with Gasteiger partial charge in [0.15, 0.2) is 0 Å². The summed E-state index contributed by atoms with van der Waals surface area (Å²) in [5.74, 6) is 0.920. The van der Waals surface area contributed by atoms with Crippen LogP contribution in [0.3, 0.4) is 0 Å². The Morgan fingerprint density at radius 2 is 1.84 bits per heavy atom. The Morgan fingerprint density at radius 1 is 1.11 bits per heavy atom. The predicted octanol–water partition coefficient (Wildman–Crippen LogP) is 3.87. The molecule has 2 atom stereocenters. The molecule has 1 saturated carbocycles. The van der Waals surface area contributed by atoms with E-state index >= 15 is 0 Å². The van der Waals surface area contributed by atoms with Crippen molar-refractivity contribution < 1.29 is 0 Å². The summed E-state index contributed by atoms with van der Waals surface area (Å²) in [5, 5.41) is 0. The first-order valence-electron chi connectivity index (χ1n) is 7.88. The summed E-state index contributed by atoms with van der Waals surface area (Å²) in [6.07, 6.45) is 8.45. The average molecular weight is 258 g/mol. The number of para-hydroxylation sites is 1. The lowest BCUT2D eigenvalue weighted by Crippen LogP contribution is -2.35. The maximum absolute atomic E-state index is 6.15. The lowest BCUT2D eigenvalue weighted by Gasteiger charge is -2.33. The normalized spacial score (nSPS) is 26.0. The largest absolute Gasteiger partial charge is 0.368 e. The fourth-order valence-corrected chi connectivity index (χ4v) is 4.06. The molecule has 2 fully saturated rings. The Labute approximate surface area is 117 Å². The first kappa shape index (κ1) is 13.0. The van der Waals surface area contributed by atoms with Gasteiger partial charge in [0.25, 0.3) is 0 Å². The van der Waals surface area contributed by atoms with Gasteiger partial charge in [0, 0.05) is 24.3 Å². The van der Waals surface area contributed by atoms with E-state index in [2.05, 4.69) is 36.1 Å². The number of benzene rings is 1. The van der Waals surface area contributed by atoms with Crippen LogP contribution in [-0.2, 0) is 0 Å². The zero-order valence-electron chi connectivity index (χ0n) is 12.0. The second kappa shape index (κ2) is 5.54. The topological polar surface area (TPSA) is 29.3 Å². The second-order valence-electron chi connectivity index (χ2n) is 6.29. The van der Waals surface area contributed by atoms with E-state index in [0.29, 0.717) is 0 Å². The summed E-state index contributed by atoms with van der Waals surface area (Å²) in [6.45, 7) is 3.31. The van der Waals surface area contributed by atoms with Crippen molar-refractivity contribution in [3.05, 3.63) is 29.8 Å². The van der Waals surface area contributed by atoms with Crippen LogP contribution in [0.2, 0.25) is 0 Å². The fourth-order valence-electron chi connectivity index (χ4n) is 4.06. The van der Waals surface area contributed by atoms with Gasteiger partial charge in [0.2, 0.25) is 0 Å². The molecule has 104 valence electrons. The highest BCUT2D eigenvalue weighted by atomic mass is 15.2. The number of nitrogens with zero attached hydrogens (tertiary/aromatic N) is 1. The molecular weight excluding hydrogens is 232 g/mol. The van der Waals surface area contributed by atoms with Gasteiger partial charge >= 0.3 is 0 Å². The van der Waals surface area contributed by atoms with E-state index < -0.39 is 0 Å². The quantitative estimate of drug-likeness (QED) is 0.892. The van der Waals surface area contributed by atoms with Crippen LogP contribution in [0.25, 0.3) is 0 Å². The Hall–Kier alpha value is -1.02. The van der Waals surface area contributed by atoms with E-state index in [4.69, 9.17) is 5.73 Å². The first-order chi connectivity index (χ1) is 9.27. The maximum atomic E-state index is 6.15. The molecule has 1 heterocycles. The summed E-state index contributed by atoms with van der Waals surface area (Å²) in [6, 6.07) is 9.63. The molecule has 0 amide bonds. The molecule has 2 aliphatic rings. The van der Waals surface area contributed by atoms with Crippen LogP contribution in [0.4, 0.5) is 5.69 Å². The van der Waals surface area contributed by atoms with E-state index in [0.717, 1.165) is 12.0 Å². The van der Waals surface area contributed by atoms with Gasteiger partial charge in [-0.25, -0.2) is 0 Å². The molecule has 1 aliphatic heterocycles. The third kappa shape index (κ3) is 2.51. The van der Waals surface area contributed by atoms with E-state index in [1.807, 2.05) is 0 Å². The minimum absolute atomic E-state index is 0.126. The Bertz CT molecular complexity index is 421. The third-order valence-electron chi connectivity index (χ3n) is 4.98. The SMILES string of the molecule is CC(N)c1ccccc1N1CCCC1C1CCCC1. The van der Waals surface area contributed by atoms with E-state index in [1.165, 1.54) is 56.3 Å². The van der Waals surface area contributed by atoms with Crippen LogP contribution < -0.4 is 10.6 Å². The van der Waals surface area contributed by atoms with Crippen molar-refractivity contribution in [3.8, 4) is 0 Å². The summed E-state index contributed by atoms with van der Waals surface area (Å²) in [7, 11) is 0. The number of rotatable bonds is 3. The van der Waals surface area contributed by atoms with E-state index in [9.17, 15) is 0 Å². The summed E-state index contributed by atoms with van der Waals surface area (Å²) < 4.78 is 0. The molecule has 2 N–H and O–H groups in total. The van der Waals surface area contributed by atoms with Gasteiger partial charge in [-0.15, -0.1) is 0 Å². The molecule has 1 aliphatic carbocycles. The van der Waals surface area contributed by atoms with Crippen LogP contribution in [0.5, 0.6) is 0 Å². The Kier molecular flexibility index (Phi) is 3.79. The molecule has 3 rings (SSSR count). The Balaban J connectivity index is 1.87. The molecule has 2 nitrogen and oxygen atoms in total. The average Bonchev–Trinajstić information content (AvgIpc) is 3.09. The highest BCUT2D eigenvalue weighted by Gasteiger charge is 2.34. The minimum Gasteiger partial charge on any atom is -0.368 e. The minimum atomic E-state index is 0.126. The van der Waals surface area contributed by atoms with E-state index in [-0.39, 0.29) is 6.04 Å². The van der Waals surface area contributed by atoms with Crippen LogP contribution in [0.1, 0.15) is 57.1 Å². The monoisotopic (exact) mass is 258 g/mol. The molecule has 19 heavy (non-hydrogen) atoms. The first-order valence-corrected chi connectivity index (χ1v) is 7.88. The molecule has 1 saturated heterocycles. The smallest absolute Gasteiger partial charge is 0.0417 e. The molecule has 0 spiro atoms. The van der Waals surface area contributed by atoms with Crippen LogP contribution in [0.15, 0.2) is 24.3 Å². The molecule has 1 aromatic carbocycles. The van der Waals surface area contributed by atoms with Crippen molar-refractivity contribution in [1.29, 1.82) is 0 Å². The van der Waals surface area contributed by atoms with Crippen molar-refractivity contribution in [1.82, 2.24) is 0 Å². The summed E-state index contributed by atoms with van der Waals surface area (Å²) in [5.41, 5.74) is 8.86. The van der Waals surface area contributed by atoms with Crippen molar-refractivity contribution >= 4 is 5.69 Å². The number of hydrogen-bond donors (Lipinski definition) is 1. The van der Waals surface area contributed by atoms with Crippen molar-refractivity contribution in [2.45, 2.75) is 57.5 Å². The van der Waals surface area contributed by atoms with Gasteiger partial charge in [0.05, 0.1) is 0 Å². The van der Waals surface area contributed by atoms with Gasteiger partial charge in [-0.2, -0.15) is 0 Å². The number of nitrogens with two attached hydrogens (primary N) is 1. The van der Waals surface area contributed by atoms with Crippen LogP contribution in [-0.4, -0.2) is 12.6 Å². The van der Waals surface area contributed by atoms with E-state index in [1.54, 1.807) is 0 Å². The molecule has 2 heteroatoms. The van der Waals surface area contributed by atoms with Gasteiger partial charge in [0.1, 0.15) is 0 Å². The highest BCUT2D eigenvalue weighted by molar-refractivity contribution is 5.56. The molecular formula is C17H26N2. The second-order valence-corrected chi connectivity index (χ2v) is 6.29. The standard InChI is InChI=1S/C17H26N2/c1-13(18)15-9-4-5-10-17(15)19-12-6-11-16(19)14-7-2-3-8-14/h4-5,9-10,13-14,16H,2-3,6-8,11-12,18H2,1H3. The molecule has 1 aromatic rings. The zero-order valence-corrected chi connectivity index (χ0v) is 12.0. The van der Waals surface area contributed by atoms with Crippen LogP contribution in [0, 0.1) is 5.92 Å². The number of anilines is 1. The molecule has 2 unspecified atom stereocenters.